The van der Waals surface area contributed by atoms with Crippen LogP contribution in [-0.4, -0.2) is 33.3 Å². The molecule has 1 fully saturated rings. The third-order valence-corrected chi connectivity index (χ3v) is 6.02. The number of hydrogen-bond acceptors (Lipinski definition) is 4. The van der Waals surface area contributed by atoms with Crippen LogP contribution in [0.4, 0.5) is 0 Å². The predicted molar refractivity (Wildman–Crippen MR) is 103 cm³/mol. The third-order valence-electron chi connectivity index (χ3n) is 5.77. The second-order valence-corrected chi connectivity index (χ2v) is 7.78. The van der Waals surface area contributed by atoms with Crippen LogP contribution >= 0.6 is 11.6 Å². The summed E-state index contributed by atoms with van der Waals surface area (Å²) in [4.78, 5) is 0. The third kappa shape index (κ3) is 3.21. The number of halogens is 1. The van der Waals surface area contributed by atoms with Gasteiger partial charge in [0.05, 0.1) is 6.54 Å². The number of nitrogens with zero attached hydrogens (tertiary/aromatic N) is 4. The van der Waals surface area contributed by atoms with Crippen molar-refractivity contribution in [1.82, 2.24) is 25.5 Å². The molecular formula is C20H24ClN5. The van der Waals surface area contributed by atoms with Gasteiger partial charge in [0.2, 0.25) is 0 Å². The Hall–Kier alpha value is -1.98. The molecule has 1 aromatic carbocycles. The highest BCUT2D eigenvalue weighted by Gasteiger charge is 2.46. The number of allylic oxidation sites excluding steroid dienone is 4. The number of hydrogen-bond donors (Lipinski definition) is 1. The Morgan fingerprint density at radius 2 is 1.88 bits per heavy atom. The largest absolute Gasteiger partial charge is 0.317 e. The molecule has 2 aliphatic rings. The van der Waals surface area contributed by atoms with E-state index >= 15 is 0 Å². The maximum Gasteiger partial charge on any atom is 0.158 e. The Labute approximate surface area is 159 Å². The van der Waals surface area contributed by atoms with Crippen molar-refractivity contribution >= 4 is 11.6 Å². The van der Waals surface area contributed by atoms with Crippen LogP contribution in [-0.2, 0) is 12.0 Å². The smallest absolute Gasteiger partial charge is 0.158 e. The fourth-order valence-electron chi connectivity index (χ4n) is 4.42. The topological polar surface area (TPSA) is 55.6 Å². The zero-order chi connectivity index (χ0) is 18.0. The number of rotatable bonds is 4. The van der Waals surface area contributed by atoms with Gasteiger partial charge in [-0.25, -0.2) is 4.68 Å². The Bertz CT molecular complexity index is 802. The van der Waals surface area contributed by atoms with E-state index in [0.717, 1.165) is 42.3 Å². The summed E-state index contributed by atoms with van der Waals surface area (Å²) >= 11 is 6.02. The van der Waals surface area contributed by atoms with Crippen LogP contribution in [0.3, 0.4) is 0 Å². The van der Waals surface area contributed by atoms with E-state index in [0.29, 0.717) is 18.4 Å². The van der Waals surface area contributed by atoms with Gasteiger partial charge in [-0.1, -0.05) is 55.0 Å². The molecule has 0 amide bonds. The molecule has 1 aromatic heterocycles. The van der Waals surface area contributed by atoms with Crippen LogP contribution in [0.25, 0.3) is 0 Å². The molecule has 26 heavy (non-hydrogen) atoms. The van der Waals surface area contributed by atoms with Crippen molar-refractivity contribution in [3.63, 3.8) is 0 Å². The Balaban J connectivity index is 1.71. The lowest BCUT2D eigenvalue weighted by molar-refractivity contribution is 0.184. The highest BCUT2D eigenvalue weighted by Crippen LogP contribution is 2.45. The van der Waals surface area contributed by atoms with Crippen molar-refractivity contribution in [3.8, 4) is 0 Å². The van der Waals surface area contributed by atoms with Crippen LogP contribution in [0, 0.1) is 11.8 Å². The number of aromatic nitrogens is 4. The quantitative estimate of drug-likeness (QED) is 0.897. The number of nitrogens with one attached hydrogen (secondary N) is 1. The Morgan fingerprint density at radius 1 is 1.15 bits per heavy atom. The van der Waals surface area contributed by atoms with Crippen LogP contribution in [0.1, 0.15) is 31.2 Å². The fraction of sp³-hybridized carbons (Fsp3) is 0.450. The standard InChI is InChI=1S/C20H24ClN5/c1-15-4-2-3-5-18(15)20(10-12-22-13-11-20)19-23-24-25-26(19)14-16-6-8-17(21)9-7-16/h2-9,15,18,22H,10-14H2,1H3. The first-order chi connectivity index (χ1) is 12.7. The first-order valence-electron chi connectivity index (χ1n) is 9.26. The number of benzene rings is 1. The van der Waals surface area contributed by atoms with E-state index in [1.54, 1.807) is 0 Å². The average molecular weight is 370 g/mol. The highest BCUT2D eigenvalue weighted by atomic mass is 35.5. The van der Waals surface area contributed by atoms with Gasteiger partial charge in [-0.2, -0.15) is 0 Å². The molecule has 2 aromatic rings. The van der Waals surface area contributed by atoms with E-state index in [2.05, 4.69) is 52.1 Å². The summed E-state index contributed by atoms with van der Waals surface area (Å²) in [5.74, 6) is 1.88. The van der Waals surface area contributed by atoms with Crippen molar-refractivity contribution in [2.24, 2.45) is 11.8 Å². The second-order valence-electron chi connectivity index (χ2n) is 7.35. The molecule has 0 saturated carbocycles. The van der Waals surface area contributed by atoms with Crippen molar-refractivity contribution < 1.29 is 0 Å². The fourth-order valence-corrected chi connectivity index (χ4v) is 4.54. The summed E-state index contributed by atoms with van der Waals surface area (Å²) in [6.45, 7) is 4.94. The predicted octanol–water partition coefficient (Wildman–Crippen LogP) is 3.37. The van der Waals surface area contributed by atoms with Crippen LogP contribution in [0.15, 0.2) is 48.6 Å². The van der Waals surface area contributed by atoms with Crippen LogP contribution < -0.4 is 5.32 Å². The van der Waals surface area contributed by atoms with E-state index in [1.165, 1.54) is 0 Å². The van der Waals surface area contributed by atoms with Gasteiger partial charge in [0.25, 0.3) is 0 Å². The minimum Gasteiger partial charge on any atom is -0.317 e. The molecule has 136 valence electrons. The van der Waals surface area contributed by atoms with E-state index in [1.807, 2.05) is 28.9 Å². The average Bonchev–Trinajstić information content (AvgIpc) is 3.13. The molecule has 2 unspecified atom stereocenters. The van der Waals surface area contributed by atoms with Crippen molar-refractivity contribution in [2.75, 3.05) is 13.1 Å². The zero-order valence-electron chi connectivity index (χ0n) is 15.0. The molecule has 0 bridgehead atoms. The summed E-state index contributed by atoms with van der Waals surface area (Å²) < 4.78 is 1.98. The van der Waals surface area contributed by atoms with Crippen molar-refractivity contribution in [3.05, 3.63) is 65.0 Å². The van der Waals surface area contributed by atoms with E-state index in [9.17, 15) is 0 Å². The van der Waals surface area contributed by atoms with Crippen LogP contribution in [0.2, 0.25) is 5.02 Å². The van der Waals surface area contributed by atoms with Gasteiger partial charge in [-0.05, 0) is 65.9 Å². The summed E-state index contributed by atoms with van der Waals surface area (Å²) in [6.07, 6.45) is 11.0. The number of tetrazole rings is 1. The highest BCUT2D eigenvalue weighted by molar-refractivity contribution is 6.30. The second kappa shape index (κ2) is 7.33. The van der Waals surface area contributed by atoms with Gasteiger partial charge < -0.3 is 5.32 Å². The van der Waals surface area contributed by atoms with Gasteiger partial charge in [-0.3, -0.25) is 0 Å². The lowest BCUT2D eigenvalue weighted by Crippen LogP contribution is -2.48. The summed E-state index contributed by atoms with van der Waals surface area (Å²) in [6, 6.07) is 7.90. The maximum atomic E-state index is 6.02. The molecule has 1 N–H and O–H groups in total. The molecular weight excluding hydrogens is 346 g/mol. The van der Waals surface area contributed by atoms with Gasteiger partial charge in [-0.15, -0.1) is 5.10 Å². The first kappa shape index (κ1) is 17.4. The monoisotopic (exact) mass is 369 g/mol. The van der Waals surface area contributed by atoms with Gasteiger partial charge in [0.1, 0.15) is 0 Å². The zero-order valence-corrected chi connectivity index (χ0v) is 15.7. The van der Waals surface area contributed by atoms with Gasteiger partial charge >= 0.3 is 0 Å². The summed E-state index contributed by atoms with van der Waals surface area (Å²) in [5.41, 5.74) is 1.11. The summed E-state index contributed by atoms with van der Waals surface area (Å²) in [7, 11) is 0. The lowest BCUT2D eigenvalue weighted by Gasteiger charge is -2.44. The Kier molecular flexibility index (Phi) is 4.92. The SMILES string of the molecule is CC1C=CC=CC1C1(c2nnnn2Cc2ccc(Cl)cc2)CCNCC1. The molecule has 1 saturated heterocycles. The van der Waals surface area contributed by atoms with Gasteiger partial charge in [0.15, 0.2) is 5.82 Å². The molecule has 1 aliphatic heterocycles. The normalized spacial score (nSPS) is 24.7. The molecule has 5 nitrogen and oxygen atoms in total. The molecule has 2 heterocycles. The minimum absolute atomic E-state index is 0.0398. The Morgan fingerprint density at radius 3 is 2.62 bits per heavy atom. The van der Waals surface area contributed by atoms with E-state index in [4.69, 9.17) is 11.6 Å². The molecule has 0 spiro atoms. The molecule has 4 rings (SSSR count). The molecule has 2 atom stereocenters. The minimum atomic E-state index is -0.0398. The molecule has 1 aliphatic carbocycles. The maximum absolute atomic E-state index is 6.02. The van der Waals surface area contributed by atoms with Crippen LogP contribution in [0.5, 0.6) is 0 Å². The van der Waals surface area contributed by atoms with E-state index < -0.39 is 0 Å². The molecule has 0 radical (unpaired) electrons. The van der Waals surface area contributed by atoms with Gasteiger partial charge in [0, 0.05) is 10.4 Å². The number of piperidine rings is 1. The van der Waals surface area contributed by atoms with Crippen molar-refractivity contribution in [1.29, 1.82) is 0 Å². The van der Waals surface area contributed by atoms with E-state index in [-0.39, 0.29) is 5.41 Å². The summed E-state index contributed by atoms with van der Waals surface area (Å²) in [5, 5.41) is 17.1. The first-order valence-corrected chi connectivity index (χ1v) is 9.64. The molecule has 6 heteroatoms. The lowest BCUT2D eigenvalue weighted by atomic mass is 9.63. The van der Waals surface area contributed by atoms with Crippen molar-refractivity contribution in [2.45, 2.75) is 31.7 Å².